The summed E-state index contributed by atoms with van der Waals surface area (Å²) in [6.07, 6.45) is 0.461. The minimum Gasteiger partial charge on any atom is -0.445 e. The maximum absolute atomic E-state index is 12.0. The van der Waals surface area contributed by atoms with Crippen molar-refractivity contribution in [1.29, 1.82) is 0 Å². The first kappa shape index (κ1) is 13.2. The van der Waals surface area contributed by atoms with Gasteiger partial charge < -0.3 is 14.6 Å². The van der Waals surface area contributed by atoms with Crippen molar-refractivity contribution in [2.45, 2.75) is 19.6 Å². The number of hydrogen-bond acceptors (Lipinski definition) is 3. The third kappa shape index (κ3) is 2.85. The molecule has 0 saturated carbocycles. The van der Waals surface area contributed by atoms with Crippen molar-refractivity contribution in [3.63, 3.8) is 0 Å². The Morgan fingerprint density at radius 3 is 3.00 bits per heavy atom. The molecule has 0 aliphatic carbocycles. The minimum absolute atomic E-state index is 0.287. The van der Waals surface area contributed by atoms with Crippen LogP contribution in [0.2, 0.25) is 0 Å². The minimum atomic E-state index is -0.287. The van der Waals surface area contributed by atoms with Crippen LogP contribution in [0.15, 0.2) is 35.1 Å². The Morgan fingerprint density at radius 1 is 1.40 bits per heavy atom. The van der Waals surface area contributed by atoms with Gasteiger partial charge in [-0.05, 0) is 21.5 Å². The number of halogens is 1. The maximum atomic E-state index is 12.0. The summed E-state index contributed by atoms with van der Waals surface area (Å²) in [5.41, 5.74) is 2.98. The normalized spacial score (nSPS) is 13.9. The molecule has 104 valence electrons. The van der Waals surface area contributed by atoms with Crippen molar-refractivity contribution in [1.82, 2.24) is 14.9 Å². The lowest BCUT2D eigenvalue weighted by Gasteiger charge is -2.25. The highest BCUT2D eigenvalue weighted by atomic mass is 79.9. The van der Waals surface area contributed by atoms with Gasteiger partial charge in [0.1, 0.15) is 6.61 Å². The molecule has 2 heterocycles. The van der Waals surface area contributed by atoms with Crippen LogP contribution in [0, 0.1) is 0 Å². The smallest absolute Gasteiger partial charge is 0.410 e. The van der Waals surface area contributed by atoms with Crippen molar-refractivity contribution in [3.8, 4) is 0 Å². The highest BCUT2D eigenvalue weighted by Crippen LogP contribution is 2.19. The second-order valence-corrected chi connectivity index (χ2v) is 5.42. The Morgan fingerprint density at radius 2 is 2.20 bits per heavy atom. The van der Waals surface area contributed by atoms with Crippen molar-refractivity contribution >= 4 is 22.0 Å². The first-order valence-corrected chi connectivity index (χ1v) is 7.20. The highest BCUT2D eigenvalue weighted by Gasteiger charge is 2.24. The Hall–Kier alpha value is -1.82. The average molecular weight is 336 g/mol. The van der Waals surface area contributed by atoms with Crippen LogP contribution in [0.5, 0.6) is 0 Å². The highest BCUT2D eigenvalue weighted by molar-refractivity contribution is 9.10. The molecule has 0 saturated heterocycles. The zero-order valence-electron chi connectivity index (χ0n) is 10.8. The number of aromatic nitrogens is 2. The number of rotatable bonds is 2. The predicted octanol–water partition coefficient (Wildman–Crippen LogP) is 2.87. The third-order valence-corrected chi connectivity index (χ3v) is 3.64. The molecule has 0 radical (unpaired) electrons. The van der Waals surface area contributed by atoms with Gasteiger partial charge in [-0.2, -0.15) is 0 Å². The second-order valence-electron chi connectivity index (χ2n) is 4.66. The summed E-state index contributed by atoms with van der Waals surface area (Å²) in [7, 11) is 0. The van der Waals surface area contributed by atoms with E-state index in [-0.39, 0.29) is 6.09 Å². The van der Waals surface area contributed by atoms with Crippen LogP contribution in [0.4, 0.5) is 4.79 Å². The van der Waals surface area contributed by atoms with Gasteiger partial charge in [0.15, 0.2) is 4.73 Å². The molecule has 0 unspecified atom stereocenters. The molecule has 1 N–H and O–H groups in total. The van der Waals surface area contributed by atoms with E-state index in [1.54, 1.807) is 4.90 Å². The molecule has 6 heteroatoms. The Balaban J connectivity index is 1.59. The fraction of sp³-hybridized carbons (Fsp3) is 0.286. The number of nitrogens with zero attached hydrogens (tertiary/aromatic N) is 2. The fourth-order valence-corrected chi connectivity index (χ4v) is 2.68. The van der Waals surface area contributed by atoms with Crippen molar-refractivity contribution < 1.29 is 9.53 Å². The molecular weight excluding hydrogens is 322 g/mol. The van der Waals surface area contributed by atoms with Gasteiger partial charge in [-0.15, -0.1) is 0 Å². The lowest BCUT2D eigenvalue weighted by molar-refractivity contribution is 0.0913. The van der Waals surface area contributed by atoms with E-state index in [0.29, 0.717) is 24.4 Å². The van der Waals surface area contributed by atoms with E-state index in [2.05, 4.69) is 25.9 Å². The van der Waals surface area contributed by atoms with Gasteiger partial charge in [0.05, 0.1) is 17.9 Å². The topological polar surface area (TPSA) is 58.2 Å². The summed E-state index contributed by atoms with van der Waals surface area (Å²) < 4.78 is 6.04. The van der Waals surface area contributed by atoms with E-state index in [1.807, 2.05) is 30.3 Å². The third-order valence-electron chi connectivity index (χ3n) is 3.27. The zero-order valence-corrected chi connectivity index (χ0v) is 12.4. The van der Waals surface area contributed by atoms with E-state index >= 15 is 0 Å². The van der Waals surface area contributed by atoms with E-state index in [1.165, 1.54) is 0 Å². The molecule has 0 bridgehead atoms. The maximum Gasteiger partial charge on any atom is 0.410 e. The molecule has 0 spiro atoms. The number of aromatic amines is 1. The molecule has 0 fully saturated rings. The molecule has 2 aromatic rings. The number of imidazole rings is 1. The van der Waals surface area contributed by atoms with Gasteiger partial charge in [-0.1, -0.05) is 30.3 Å². The largest absolute Gasteiger partial charge is 0.445 e. The van der Waals surface area contributed by atoms with Gasteiger partial charge in [-0.25, -0.2) is 9.78 Å². The van der Waals surface area contributed by atoms with Crippen LogP contribution in [0.1, 0.15) is 17.0 Å². The van der Waals surface area contributed by atoms with Crippen molar-refractivity contribution in [2.75, 3.05) is 6.54 Å². The number of nitrogens with one attached hydrogen (secondary N) is 1. The lowest BCUT2D eigenvalue weighted by Crippen LogP contribution is -2.36. The molecule has 1 aromatic heterocycles. The first-order valence-electron chi connectivity index (χ1n) is 6.41. The predicted molar refractivity (Wildman–Crippen MR) is 77.0 cm³/mol. The summed E-state index contributed by atoms with van der Waals surface area (Å²) in [4.78, 5) is 21.2. The van der Waals surface area contributed by atoms with Gasteiger partial charge in [0.25, 0.3) is 0 Å². The zero-order chi connectivity index (χ0) is 13.9. The van der Waals surface area contributed by atoms with E-state index < -0.39 is 0 Å². The summed E-state index contributed by atoms with van der Waals surface area (Å²) in [5, 5.41) is 0. The number of amides is 1. The molecule has 1 aliphatic rings. The first-order chi connectivity index (χ1) is 9.72. The number of ether oxygens (including phenoxy) is 1. The number of carbonyl (C=O) groups is 1. The number of carbonyl (C=O) groups excluding carboxylic acids is 1. The van der Waals surface area contributed by atoms with Gasteiger partial charge in [-0.3, -0.25) is 0 Å². The molecule has 20 heavy (non-hydrogen) atoms. The quantitative estimate of drug-likeness (QED) is 0.917. The van der Waals surface area contributed by atoms with Crippen LogP contribution >= 0.6 is 15.9 Å². The van der Waals surface area contributed by atoms with E-state index in [0.717, 1.165) is 23.4 Å². The van der Waals surface area contributed by atoms with Crippen molar-refractivity contribution in [3.05, 3.63) is 52.0 Å². The number of hydrogen-bond donors (Lipinski definition) is 1. The van der Waals surface area contributed by atoms with Crippen molar-refractivity contribution in [2.24, 2.45) is 0 Å². The number of benzene rings is 1. The Kier molecular flexibility index (Phi) is 3.73. The Labute approximate surface area is 125 Å². The molecule has 3 rings (SSSR count). The van der Waals surface area contributed by atoms with E-state index in [4.69, 9.17) is 4.74 Å². The molecule has 1 amide bonds. The van der Waals surface area contributed by atoms with Crippen LogP contribution in [-0.2, 0) is 24.3 Å². The second kappa shape index (κ2) is 5.66. The summed E-state index contributed by atoms with van der Waals surface area (Å²) >= 11 is 3.31. The fourth-order valence-electron chi connectivity index (χ4n) is 2.23. The molecular formula is C14H14BrN3O2. The van der Waals surface area contributed by atoms with Gasteiger partial charge in [0.2, 0.25) is 0 Å². The molecule has 1 aliphatic heterocycles. The van der Waals surface area contributed by atoms with Crippen LogP contribution in [0.25, 0.3) is 0 Å². The lowest BCUT2D eigenvalue weighted by atomic mass is 10.1. The van der Waals surface area contributed by atoms with Crippen LogP contribution in [-0.4, -0.2) is 27.5 Å². The number of fused-ring (bicyclic) bond motifs is 1. The van der Waals surface area contributed by atoms with Crippen LogP contribution in [0.3, 0.4) is 0 Å². The molecule has 5 nitrogen and oxygen atoms in total. The average Bonchev–Trinajstić information content (AvgIpc) is 2.85. The monoisotopic (exact) mass is 335 g/mol. The number of H-pyrrole nitrogens is 1. The summed E-state index contributed by atoms with van der Waals surface area (Å²) in [5.74, 6) is 0. The van der Waals surface area contributed by atoms with E-state index in [9.17, 15) is 4.79 Å². The molecule has 1 aromatic carbocycles. The van der Waals surface area contributed by atoms with Gasteiger partial charge in [0, 0.05) is 13.0 Å². The van der Waals surface area contributed by atoms with Gasteiger partial charge >= 0.3 is 6.09 Å². The van der Waals surface area contributed by atoms with Crippen LogP contribution < -0.4 is 0 Å². The summed E-state index contributed by atoms with van der Waals surface area (Å²) in [6.45, 7) is 1.45. The summed E-state index contributed by atoms with van der Waals surface area (Å²) in [6, 6.07) is 9.67. The molecule has 0 atom stereocenters. The SMILES string of the molecule is O=C(OCc1ccccc1)N1CCc2nc(Br)[nH]c2C1. The standard InChI is InChI=1S/C14H14BrN3O2/c15-13-16-11-6-7-18(8-12(11)17-13)14(19)20-9-10-4-2-1-3-5-10/h1-5H,6-9H2,(H,16,17). The Bertz CT molecular complexity index is 612.